The van der Waals surface area contributed by atoms with Crippen LogP contribution in [0.5, 0.6) is 0 Å². The van der Waals surface area contributed by atoms with E-state index in [0.29, 0.717) is 13.0 Å². The molecule has 0 aliphatic carbocycles. The highest BCUT2D eigenvalue weighted by atomic mass is 31.2. The van der Waals surface area contributed by atoms with Crippen LogP contribution in [0.1, 0.15) is 39.5 Å². The fourth-order valence-corrected chi connectivity index (χ4v) is 3.38. The normalized spacial score (nSPS) is 30.2. The number of hydrogen-bond donors (Lipinski definition) is 2. The predicted octanol–water partition coefficient (Wildman–Crippen LogP) is 1.64. The lowest BCUT2D eigenvalue weighted by Crippen LogP contribution is -2.40. The van der Waals surface area contributed by atoms with E-state index in [2.05, 4.69) is 5.20 Å². The lowest BCUT2D eigenvalue weighted by Gasteiger charge is -2.28. The molecule has 2 aliphatic rings. The molecule has 0 saturated carbocycles. The van der Waals surface area contributed by atoms with Gasteiger partial charge in [-0.1, -0.05) is 6.42 Å². The number of ether oxygens (including phenoxy) is 2. The average Bonchev–Trinajstić information content (AvgIpc) is 2.69. The maximum Gasteiger partial charge on any atom is 0.416 e. The van der Waals surface area contributed by atoms with E-state index in [1.807, 2.05) is 13.8 Å². The summed E-state index contributed by atoms with van der Waals surface area (Å²) in [5.74, 6) is -0.570. The maximum atomic E-state index is 11.9. The minimum Gasteiger partial charge on any atom is -0.348 e. The molecule has 2 unspecified atom stereocenters. The van der Waals surface area contributed by atoms with Crippen LogP contribution in [-0.4, -0.2) is 48.1 Å². The fourth-order valence-electron chi connectivity index (χ4n) is 2.41. The van der Waals surface area contributed by atoms with Gasteiger partial charge in [0.1, 0.15) is 0 Å². The zero-order valence-corrected chi connectivity index (χ0v) is 13.1. The van der Waals surface area contributed by atoms with E-state index < -0.39 is 13.5 Å². The highest BCUT2D eigenvalue weighted by Gasteiger charge is 2.33. The molecule has 2 fully saturated rings. The first-order chi connectivity index (χ1) is 9.36. The fraction of sp³-hybridized carbons (Fsp3) is 1.00. The summed E-state index contributed by atoms with van der Waals surface area (Å²) in [5.41, 5.74) is 0. The summed E-state index contributed by atoms with van der Waals surface area (Å²) < 4.78 is 28.0. The van der Waals surface area contributed by atoms with Crippen LogP contribution in [-0.2, 0) is 18.6 Å². The Hall–Kier alpha value is -0.0100. The summed E-state index contributed by atoms with van der Waals surface area (Å²) >= 11 is 0. The molecule has 0 aromatic rings. The zero-order chi connectivity index (χ0) is 14.6. The SMILES string of the molecule is CC1(C)OCC(CCOP(=O)(O)NN2CCCCC2)O1. The molecule has 2 saturated heterocycles. The van der Waals surface area contributed by atoms with Crippen molar-refractivity contribution in [1.29, 1.82) is 0 Å². The Kier molecular flexibility index (Phi) is 5.59. The van der Waals surface area contributed by atoms with Gasteiger partial charge in [0.05, 0.1) is 19.3 Å². The van der Waals surface area contributed by atoms with Crippen LogP contribution >= 0.6 is 7.75 Å². The quantitative estimate of drug-likeness (QED) is 0.722. The van der Waals surface area contributed by atoms with Gasteiger partial charge >= 0.3 is 7.75 Å². The van der Waals surface area contributed by atoms with Gasteiger partial charge in [0.25, 0.3) is 0 Å². The summed E-state index contributed by atoms with van der Waals surface area (Å²) in [6.45, 7) is 5.92. The minimum absolute atomic E-state index is 0.0833. The summed E-state index contributed by atoms with van der Waals surface area (Å²) in [6, 6.07) is 0. The average molecular weight is 308 g/mol. The second kappa shape index (κ2) is 6.83. The molecule has 2 atom stereocenters. The van der Waals surface area contributed by atoms with Crippen molar-refractivity contribution in [3.05, 3.63) is 0 Å². The molecule has 2 heterocycles. The van der Waals surface area contributed by atoms with Gasteiger partial charge in [0.2, 0.25) is 0 Å². The van der Waals surface area contributed by atoms with E-state index in [-0.39, 0.29) is 12.7 Å². The van der Waals surface area contributed by atoms with E-state index in [1.54, 1.807) is 5.01 Å². The van der Waals surface area contributed by atoms with E-state index in [0.717, 1.165) is 25.9 Å². The monoisotopic (exact) mass is 308 g/mol. The van der Waals surface area contributed by atoms with E-state index in [1.165, 1.54) is 6.42 Å². The molecule has 0 aromatic carbocycles. The van der Waals surface area contributed by atoms with Gasteiger partial charge in [0.15, 0.2) is 5.79 Å². The van der Waals surface area contributed by atoms with Gasteiger partial charge < -0.3 is 14.4 Å². The molecular weight excluding hydrogens is 283 g/mol. The number of piperidine rings is 1. The first-order valence-corrected chi connectivity index (χ1v) is 8.76. The lowest BCUT2D eigenvalue weighted by atomic mass is 10.2. The standard InChI is InChI=1S/C12H25N2O5P/c1-12(2)17-10-11(19-12)6-9-18-20(15,16)13-14-7-4-3-5-8-14/h11H,3-10H2,1-2H3,(H2,13,15,16). The topological polar surface area (TPSA) is 80.3 Å². The number of nitrogens with one attached hydrogen (secondary N) is 1. The van der Waals surface area contributed by atoms with E-state index in [9.17, 15) is 9.46 Å². The van der Waals surface area contributed by atoms with Crippen molar-refractivity contribution in [3.8, 4) is 0 Å². The van der Waals surface area contributed by atoms with Crippen molar-refractivity contribution >= 4 is 7.75 Å². The van der Waals surface area contributed by atoms with Crippen LogP contribution < -0.4 is 5.20 Å². The largest absolute Gasteiger partial charge is 0.416 e. The molecule has 0 spiro atoms. The van der Waals surface area contributed by atoms with Crippen molar-refractivity contribution in [1.82, 2.24) is 10.2 Å². The van der Waals surface area contributed by atoms with Crippen LogP contribution in [0.4, 0.5) is 0 Å². The first-order valence-electron chi connectivity index (χ1n) is 7.18. The Labute approximate surface area is 120 Å². The van der Waals surface area contributed by atoms with Crippen molar-refractivity contribution in [2.24, 2.45) is 0 Å². The number of rotatable bonds is 6. The van der Waals surface area contributed by atoms with Gasteiger partial charge in [-0.2, -0.15) is 5.20 Å². The van der Waals surface area contributed by atoms with Crippen LogP contribution in [0.15, 0.2) is 0 Å². The molecule has 8 heteroatoms. The molecule has 2 N–H and O–H groups in total. The Morgan fingerprint density at radius 1 is 1.40 bits per heavy atom. The maximum absolute atomic E-state index is 11.9. The molecule has 2 aliphatic heterocycles. The van der Waals surface area contributed by atoms with Gasteiger partial charge in [-0.15, -0.1) is 0 Å². The second-order valence-electron chi connectivity index (χ2n) is 5.74. The third kappa shape index (κ3) is 5.41. The number of hydrogen-bond acceptors (Lipinski definition) is 5. The summed E-state index contributed by atoms with van der Waals surface area (Å²) in [6.07, 6.45) is 3.70. The Morgan fingerprint density at radius 3 is 2.70 bits per heavy atom. The van der Waals surface area contributed by atoms with Crippen molar-refractivity contribution in [3.63, 3.8) is 0 Å². The van der Waals surface area contributed by atoms with Gasteiger partial charge in [-0.25, -0.2) is 9.57 Å². The van der Waals surface area contributed by atoms with Crippen LogP contribution in [0, 0.1) is 0 Å². The third-order valence-corrected chi connectivity index (χ3v) is 4.47. The predicted molar refractivity (Wildman–Crippen MR) is 73.9 cm³/mol. The highest BCUT2D eigenvalue weighted by Crippen LogP contribution is 2.38. The molecule has 0 radical (unpaired) electrons. The Balaban J connectivity index is 1.66. The number of hydrazine groups is 1. The zero-order valence-electron chi connectivity index (χ0n) is 12.2. The summed E-state index contributed by atoms with van der Waals surface area (Å²) in [5, 5.41) is 4.35. The lowest BCUT2D eigenvalue weighted by molar-refractivity contribution is -0.139. The Morgan fingerprint density at radius 2 is 2.10 bits per heavy atom. The van der Waals surface area contributed by atoms with Crippen LogP contribution in [0.25, 0.3) is 0 Å². The number of nitrogens with zero attached hydrogens (tertiary/aromatic N) is 1. The van der Waals surface area contributed by atoms with Crippen LogP contribution in [0.3, 0.4) is 0 Å². The van der Waals surface area contributed by atoms with E-state index >= 15 is 0 Å². The molecule has 7 nitrogen and oxygen atoms in total. The first kappa shape index (κ1) is 16.4. The van der Waals surface area contributed by atoms with Crippen LogP contribution in [0.2, 0.25) is 0 Å². The molecule has 2 rings (SSSR count). The molecular formula is C12H25N2O5P. The van der Waals surface area contributed by atoms with Gasteiger partial charge in [0, 0.05) is 13.1 Å². The summed E-state index contributed by atoms with van der Waals surface area (Å²) in [4.78, 5) is 9.75. The van der Waals surface area contributed by atoms with Crippen molar-refractivity contribution in [2.45, 2.75) is 51.4 Å². The smallest absolute Gasteiger partial charge is 0.348 e. The van der Waals surface area contributed by atoms with Crippen molar-refractivity contribution in [2.75, 3.05) is 26.3 Å². The Bertz CT molecular complexity index is 360. The van der Waals surface area contributed by atoms with Crippen molar-refractivity contribution < 1.29 is 23.5 Å². The molecule has 0 amide bonds. The minimum atomic E-state index is -3.77. The van der Waals surface area contributed by atoms with E-state index in [4.69, 9.17) is 14.0 Å². The van der Waals surface area contributed by atoms with Gasteiger partial charge in [-0.05, 0) is 33.1 Å². The third-order valence-electron chi connectivity index (χ3n) is 3.40. The summed E-state index contributed by atoms with van der Waals surface area (Å²) in [7, 11) is -3.77. The molecule has 118 valence electrons. The second-order valence-corrected chi connectivity index (χ2v) is 7.24. The molecule has 0 aromatic heterocycles. The molecule has 20 heavy (non-hydrogen) atoms. The van der Waals surface area contributed by atoms with Gasteiger partial charge in [-0.3, -0.25) is 4.52 Å². The highest BCUT2D eigenvalue weighted by molar-refractivity contribution is 7.50. The molecule has 0 bridgehead atoms.